The molecule has 1 aromatic rings. The molecule has 0 N–H and O–H groups in total. The lowest BCUT2D eigenvalue weighted by Gasteiger charge is -2.21. The van der Waals surface area contributed by atoms with Crippen LogP contribution in [0.1, 0.15) is 44.1 Å². The molecule has 1 aliphatic carbocycles. The summed E-state index contributed by atoms with van der Waals surface area (Å²) in [5, 5.41) is 0. The van der Waals surface area contributed by atoms with Crippen LogP contribution in [0.3, 0.4) is 0 Å². The summed E-state index contributed by atoms with van der Waals surface area (Å²) in [7, 11) is 0. The number of carbonyl (C=O) groups excluding carboxylic acids is 1. The summed E-state index contributed by atoms with van der Waals surface area (Å²) < 4.78 is 5.23. The smallest absolute Gasteiger partial charge is 0.313 e. The lowest BCUT2D eigenvalue weighted by Crippen LogP contribution is -2.22. The molecule has 2 nitrogen and oxygen atoms in total. The minimum absolute atomic E-state index is 0.0504. The largest absolute Gasteiger partial charge is 0.466 e. The van der Waals surface area contributed by atoms with Crippen molar-refractivity contribution in [1.29, 1.82) is 0 Å². The van der Waals surface area contributed by atoms with E-state index in [-0.39, 0.29) is 11.9 Å². The molecule has 17 heavy (non-hydrogen) atoms. The molecule has 0 aliphatic heterocycles. The Labute approximate surface area is 103 Å². The van der Waals surface area contributed by atoms with Crippen LogP contribution in [0.5, 0.6) is 0 Å². The average molecular weight is 232 g/mol. The van der Waals surface area contributed by atoms with Gasteiger partial charge in [-0.2, -0.15) is 0 Å². The summed E-state index contributed by atoms with van der Waals surface area (Å²) in [6, 6.07) is 10.1. The topological polar surface area (TPSA) is 26.3 Å². The van der Waals surface area contributed by atoms with E-state index in [4.69, 9.17) is 4.74 Å². The van der Waals surface area contributed by atoms with Gasteiger partial charge in [-0.1, -0.05) is 43.2 Å². The first-order chi connectivity index (χ1) is 8.33. The highest BCUT2D eigenvalue weighted by atomic mass is 16.5. The maximum Gasteiger partial charge on any atom is 0.313 e. The summed E-state index contributed by atoms with van der Waals surface area (Å²) >= 11 is 0. The highest BCUT2D eigenvalue weighted by Gasteiger charge is 2.32. The van der Waals surface area contributed by atoms with Crippen molar-refractivity contribution in [2.45, 2.75) is 38.5 Å². The van der Waals surface area contributed by atoms with E-state index < -0.39 is 0 Å². The molecule has 2 rings (SSSR count). The molecular weight excluding hydrogens is 212 g/mol. The zero-order valence-electron chi connectivity index (χ0n) is 10.4. The average Bonchev–Trinajstić information content (AvgIpc) is 2.85. The third kappa shape index (κ3) is 2.87. The van der Waals surface area contributed by atoms with Crippen LogP contribution >= 0.6 is 0 Å². The van der Waals surface area contributed by atoms with Crippen LogP contribution in [0.25, 0.3) is 0 Å². The van der Waals surface area contributed by atoms with Crippen LogP contribution in [0.2, 0.25) is 0 Å². The van der Waals surface area contributed by atoms with Crippen molar-refractivity contribution < 1.29 is 9.53 Å². The van der Waals surface area contributed by atoms with Gasteiger partial charge in [0, 0.05) is 0 Å². The van der Waals surface area contributed by atoms with Gasteiger partial charge in [0.1, 0.15) is 0 Å². The van der Waals surface area contributed by atoms with Crippen molar-refractivity contribution in [3.8, 4) is 0 Å². The number of ether oxygens (including phenoxy) is 1. The zero-order valence-corrected chi connectivity index (χ0v) is 10.4. The van der Waals surface area contributed by atoms with Crippen LogP contribution in [0, 0.1) is 5.92 Å². The maximum atomic E-state index is 12.1. The predicted octanol–water partition coefficient (Wildman–Crippen LogP) is 3.52. The van der Waals surface area contributed by atoms with E-state index in [2.05, 4.69) is 0 Å². The Hall–Kier alpha value is -1.31. The summed E-state index contributed by atoms with van der Waals surface area (Å²) in [5.41, 5.74) is 1.11. The number of carbonyl (C=O) groups is 1. The van der Waals surface area contributed by atoms with Crippen LogP contribution in [0.4, 0.5) is 0 Å². The molecule has 0 heterocycles. The van der Waals surface area contributed by atoms with E-state index in [1.165, 1.54) is 12.8 Å². The Morgan fingerprint density at radius 1 is 1.29 bits per heavy atom. The molecule has 1 fully saturated rings. The highest BCUT2D eigenvalue weighted by molar-refractivity contribution is 5.78. The van der Waals surface area contributed by atoms with Crippen molar-refractivity contribution in [3.63, 3.8) is 0 Å². The standard InChI is InChI=1S/C15H20O2/c1-2-17-15(16)14(13-10-6-7-11-13)12-8-4-3-5-9-12/h3-5,8-9,13-14H,2,6-7,10-11H2,1H3/t14-/m1/s1. The number of esters is 1. The van der Waals surface area contributed by atoms with E-state index in [0.29, 0.717) is 12.5 Å². The molecule has 0 amide bonds. The molecule has 0 unspecified atom stereocenters. The molecule has 0 radical (unpaired) electrons. The lowest BCUT2D eigenvalue weighted by atomic mass is 9.85. The summed E-state index contributed by atoms with van der Waals surface area (Å²) in [4.78, 5) is 12.1. The van der Waals surface area contributed by atoms with E-state index >= 15 is 0 Å². The minimum atomic E-state index is -0.0568. The van der Waals surface area contributed by atoms with E-state index in [9.17, 15) is 4.79 Å². The number of hydrogen-bond acceptors (Lipinski definition) is 2. The van der Waals surface area contributed by atoms with Gasteiger partial charge in [0.05, 0.1) is 12.5 Å². The fourth-order valence-corrected chi connectivity index (χ4v) is 2.78. The number of rotatable bonds is 4. The van der Waals surface area contributed by atoms with Gasteiger partial charge in [-0.3, -0.25) is 4.79 Å². The number of hydrogen-bond donors (Lipinski definition) is 0. The molecule has 1 saturated carbocycles. The molecule has 2 heteroatoms. The summed E-state index contributed by atoms with van der Waals surface area (Å²) in [6.45, 7) is 2.34. The molecule has 92 valence electrons. The molecule has 0 saturated heterocycles. The minimum Gasteiger partial charge on any atom is -0.466 e. The third-order valence-corrected chi connectivity index (χ3v) is 3.57. The lowest BCUT2D eigenvalue weighted by molar-refractivity contribution is -0.146. The quantitative estimate of drug-likeness (QED) is 0.742. The van der Waals surface area contributed by atoms with Gasteiger partial charge in [0.2, 0.25) is 0 Å². The van der Waals surface area contributed by atoms with Crippen molar-refractivity contribution in [1.82, 2.24) is 0 Å². The van der Waals surface area contributed by atoms with Crippen molar-refractivity contribution >= 4 is 5.97 Å². The Kier molecular flexibility index (Phi) is 4.18. The molecule has 0 bridgehead atoms. The van der Waals surface area contributed by atoms with Gasteiger partial charge < -0.3 is 4.74 Å². The van der Waals surface area contributed by atoms with Crippen molar-refractivity contribution in [3.05, 3.63) is 35.9 Å². The Morgan fingerprint density at radius 3 is 2.53 bits per heavy atom. The number of benzene rings is 1. The first-order valence-corrected chi connectivity index (χ1v) is 6.54. The van der Waals surface area contributed by atoms with Gasteiger partial charge in [-0.05, 0) is 31.2 Å². The second-order valence-electron chi connectivity index (χ2n) is 4.68. The zero-order chi connectivity index (χ0) is 12.1. The molecule has 0 aromatic heterocycles. The van der Waals surface area contributed by atoms with Crippen molar-refractivity contribution in [2.24, 2.45) is 5.92 Å². The van der Waals surface area contributed by atoms with E-state index in [1.54, 1.807) is 0 Å². The Bertz CT molecular complexity index is 352. The monoisotopic (exact) mass is 232 g/mol. The summed E-state index contributed by atoms with van der Waals surface area (Å²) in [6.07, 6.45) is 4.79. The van der Waals surface area contributed by atoms with Gasteiger partial charge >= 0.3 is 5.97 Å². The normalized spacial score (nSPS) is 17.9. The van der Waals surface area contributed by atoms with Gasteiger partial charge in [-0.15, -0.1) is 0 Å². The first-order valence-electron chi connectivity index (χ1n) is 6.54. The molecule has 1 atom stereocenters. The third-order valence-electron chi connectivity index (χ3n) is 3.57. The van der Waals surface area contributed by atoms with Crippen LogP contribution in [-0.2, 0) is 9.53 Å². The van der Waals surface area contributed by atoms with Gasteiger partial charge in [0.15, 0.2) is 0 Å². The van der Waals surface area contributed by atoms with E-state index in [1.807, 2.05) is 37.3 Å². The second-order valence-corrected chi connectivity index (χ2v) is 4.68. The second kappa shape index (κ2) is 5.85. The Balaban J connectivity index is 2.20. The SMILES string of the molecule is CCOC(=O)[C@H](c1ccccc1)C1CCCC1. The van der Waals surface area contributed by atoms with Crippen LogP contribution in [0.15, 0.2) is 30.3 Å². The summed E-state index contributed by atoms with van der Waals surface area (Å²) in [5.74, 6) is 0.362. The molecule has 1 aromatic carbocycles. The van der Waals surface area contributed by atoms with Gasteiger partial charge in [0.25, 0.3) is 0 Å². The fraction of sp³-hybridized carbons (Fsp3) is 0.533. The molecule has 1 aliphatic rings. The van der Waals surface area contributed by atoms with Crippen LogP contribution in [-0.4, -0.2) is 12.6 Å². The predicted molar refractivity (Wildman–Crippen MR) is 67.8 cm³/mol. The van der Waals surface area contributed by atoms with Crippen LogP contribution < -0.4 is 0 Å². The molecular formula is C15H20O2. The van der Waals surface area contributed by atoms with Gasteiger partial charge in [-0.25, -0.2) is 0 Å². The fourth-order valence-electron chi connectivity index (χ4n) is 2.78. The Morgan fingerprint density at radius 2 is 1.94 bits per heavy atom. The maximum absolute atomic E-state index is 12.1. The molecule has 0 spiro atoms. The first kappa shape index (κ1) is 12.2. The van der Waals surface area contributed by atoms with E-state index in [0.717, 1.165) is 18.4 Å². The van der Waals surface area contributed by atoms with Crippen molar-refractivity contribution in [2.75, 3.05) is 6.61 Å². The highest BCUT2D eigenvalue weighted by Crippen LogP contribution is 2.38.